The van der Waals surface area contributed by atoms with E-state index < -0.39 is 0 Å². The number of hydrogen-bond donors (Lipinski definition) is 1. The fourth-order valence-electron chi connectivity index (χ4n) is 1.86. The lowest BCUT2D eigenvalue weighted by atomic mass is 10.2. The highest BCUT2D eigenvalue weighted by atomic mass is 32.1. The molecular formula is C14H19NO2S. The molecule has 1 N–H and O–H groups in total. The standard InChI is InChI=1S/C14H19NO2S/c1-3-8-15-14(13-5-4-9-18-13)12-7-6-11(17-12)10-16-2/h4-7,9,14-15H,3,8,10H2,1-2H3. The number of thiophene rings is 1. The maximum absolute atomic E-state index is 5.83. The first kappa shape index (κ1) is 13.3. The fraction of sp³-hybridized carbons (Fsp3) is 0.429. The molecule has 0 spiro atoms. The molecule has 2 aromatic rings. The fourth-order valence-corrected chi connectivity index (χ4v) is 2.66. The summed E-state index contributed by atoms with van der Waals surface area (Å²) in [6, 6.07) is 8.36. The van der Waals surface area contributed by atoms with Crippen molar-refractivity contribution in [2.45, 2.75) is 26.0 Å². The van der Waals surface area contributed by atoms with Crippen molar-refractivity contribution in [3.63, 3.8) is 0 Å². The van der Waals surface area contributed by atoms with Gasteiger partial charge in [0.15, 0.2) is 0 Å². The molecule has 0 aliphatic carbocycles. The monoisotopic (exact) mass is 265 g/mol. The van der Waals surface area contributed by atoms with Crippen molar-refractivity contribution in [1.82, 2.24) is 5.32 Å². The third-order valence-electron chi connectivity index (χ3n) is 2.68. The number of rotatable bonds is 7. The van der Waals surface area contributed by atoms with Gasteiger partial charge in [-0.15, -0.1) is 11.3 Å². The summed E-state index contributed by atoms with van der Waals surface area (Å²) in [6.07, 6.45) is 1.10. The third-order valence-corrected chi connectivity index (χ3v) is 3.62. The summed E-state index contributed by atoms with van der Waals surface area (Å²) in [4.78, 5) is 1.28. The maximum atomic E-state index is 5.83. The van der Waals surface area contributed by atoms with Crippen LogP contribution >= 0.6 is 11.3 Å². The molecule has 2 aromatic heterocycles. The van der Waals surface area contributed by atoms with Gasteiger partial charge in [0, 0.05) is 12.0 Å². The van der Waals surface area contributed by atoms with E-state index in [-0.39, 0.29) is 6.04 Å². The van der Waals surface area contributed by atoms with E-state index in [9.17, 15) is 0 Å². The minimum Gasteiger partial charge on any atom is -0.462 e. The van der Waals surface area contributed by atoms with Gasteiger partial charge in [0.2, 0.25) is 0 Å². The summed E-state index contributed by atoms with van der Waals surface area (Å²) in [7, 11) is 1.67. The topological polar surface area (TPSA) is 34.4 Å². The third kappa shape index (κ3) is 3.22. The molecule has 98 valence electrons. The van der Waals surface area contributed by atoms with Gasteiger partial charge in [-0.25, -0.2) is 0 Å². The average molecular weight is 265 g/mol. The molecule has 2 heterocycles. The molecule has 1 unspecified atom stereocenters. The highest BCUT2D eigenvalue weighted by Crippen LogP contribution is 2.27. The first-order chi connectivity index (χ1) is 8.85. The second-order valence-electron chi connectivity index (χ2n) is 4.14. The van der Waals surface area contributed by atoms with Crippen molar-refractivity contribution in [1.29, 1.82) is 0 Å². The van der Waals surface area contributed by atoms with Crippen molar-refractivity contribution in [2.75, 3.05) is 13.7 Å². The summed E-state index contributed by atoms with van der Waals surface area (Å²) in [5.74, 6) is 1.82. The van der Waals surface area contributed by atoms with E-state index in [1.807, 2.05) is 12.1 Å². The average Bonchev–Trinajstić information content (AvgIpc) is 3.02. The summed E-state index contributed by atoms with van der Waals surface area (Å²) in [5, 5.41) is 5.61. The largest absolute Gasteiger partial charge is 0.462 e. The Morgan fingerprint density at radius 1 is 1.39 bits per heavy atom. The number of methoxy groups -OCH3 is 1. The van der Waals surface area contributed by atoms with E-state index in [0.717, 1.165) is 24.5 Å². The lowest BCUT2D eigenvalue weighted by Crippen LogP contribution is -2.21. The van der Waals surface area contributed by atoms with Crippen LogP contribution in [-0.4, -0.2) is 13.7 Å². The summed E-state index contributed by atoms with van der Waals surface area (Å²) < 4.78 is 10.9. The van der Waals surface area contributed by atoms with Crippen molar-refractivity contribution in [3.8, 4) is 0 Å². The number of ether oxygens (including phenoxy) is 1. The van der Waals surface area contributed by atoms with Gasteiger partial charge in [-0.3, -0.25) is 0 Å². The molecule has 18 heavy (non-hydrogen) atoms. The van der Waals surface area contributed by atoms with Gasteiger partial charge in [-0.2, -0.15) is 0 Å². The molecule has 2 rings (SSSR count). The minimum atomic E-state index is 0.149. The molecule has 0 aromatic carbocycles. The van der Waals surface area contributed by atoms with Gasteiger partial charge in [-0.05, 0) is 36.5 Å². The van der Waals surface area contributed by atoms with Gasteiger partial charge in [-0.1, -0.05) is 13.0 Å². The Labute approximate surface area is 112 Å². The van der Waals surface area contributed by atoms with Crippen LogP contribution in [0.1, 0.15) is 35.8 Å². The van der Waals surface area contributed by atoms with Crippen LogP contribution in [0.2, 0.25) is 0 Å². The SMILES string of the molecule is CCCNC(c1ccc(COC)o1)c1cccs1. The van der Waals surface area contributed by atoms with Crippen LogP contribution in [0.4, 0.5) is 0 Å². The van der Waals surface area contributed by atoms with Gasteiger partial charge in [0.1, 0.15) is 24.2 Å². The molecule has 0 aliphatic rings. The predicted octanol–water partition coefficient (Wildman–Crippen LogP) is 3.58. The summed E-state index contributed by atoms with van der Waals surface area (Å²) in [6.45, 7) is 3.66. The second-order valence-corrected chi connectivity index (χ2v) is 5.12. The number of hydrogen-bond acceptors (Lipinski definition) is 4. The zero-order valence-corrected chi connectivity index (χ0v) is 11.6. The van der Waals surface area contributed by atoms with Crippen LogP contribution in [0.5, 0.6) is 0 Å². The zero-order valence-electron chi connectivity index (χ0n) is 10.8. The summed E-state index contributed by atoms with van der Waals surface area (Å²) >= 11 is 1.75. The Balaban J connectivity index is 2.16. The lowest BCUT2D eigenvalue weighted by Gasteiger charge is -2.14. The Kier molecular flexibility index (Phi) is 4.99. The Hall–Kier alpha value is -1.10. The molecule has 0 saturated heterocycles. The Morgan fingerprint density at radius 2 is 2.28 bits per heavy atom. The number of nitrogens with one attached hydrogen (secondary N) is 1. The first-order valence-electron chi connectivity index (χ1n) is 6.19. The summed E-state index contributed by atoms with van der Waals surface area (Å²) in [5.41, 5.74) is 0. The highest BCUT2D eigenvalue weighted by molar-refractivity contribution is 7.10. The smallest absolute Gasteiger partial charge is 0.129 e. The lowest BCUT2D eigenvalue weighted by molar-refractivity contribution is 0.162. The van der Waals surface area contributed by atoms with Crippen molar-refractivity contribution in [3.05, 3.63) is 46.0 Å². The molecule has 1 atom stereocenters. The molecule has 0 fully saturated rings. The van der Waals surface area contributed by atoms with Crippen LogP contribution in [0.3, 0.4) is 0 Å². The van der Waals surface area contributed by atoms with Crippen LogP contribution in [0.15, 0.2) is 34.1 Å². The molecule has 0 aliphatic heterocycles. The second kappa shape index (κ2) is 6.73. The van der Waals surface area contributed by atoms with E-state index in [4.69, 9.17) is 9.15 Å². The predicted molar refractivity (Wildman–Crippen MR) is 73.9 cm³/mol. The van der Waals surface area contributed by atoms with E-state index >= 15 is 0 Å². The van der Waals surface area contributed by atoms with E-state index in [0.29, 0.717) is 6.61 Å². The van der Waals surface area contributed by atoms with Crippen LogP contribution in [0.25, 0.3) is 0 Å². The number of furan rings is 1. The highest BCUT2D eigenvalue weighted by Gasteiger charge is 2.18. The van der Waals surface area contributed by atoms with E-state index in [1.54, 1.807) is 18.4 Å². The molecular weight excluding hydrogens is 246 g/mol. The molecule has 0 amide bonds. The quantitative estimate of drug-likeness (QED) is 0.831. The van der Waals surface area contributed by atoms with E-state index in [1.165, 1.54) is 4.88 Å². The van der Waals surface area contributed by atoms with Gasteiger partial charge in [0.25, 0.3) is 0 Å². The van der Waals surface area contributed by atoms with Gasteiger partial charge >= 0.3 is 0 Å². The van der Waals surface area contributed by atoms with Crippen LogP contribution < -0.4 is 5.32 Å². The van der Waals surface area contributed by atoms with Crippen molar-refractivity contribution < 1.29 is 9.15 Å². The Morgan fingerprint density at radius 3 is 2.94 bits per heavy atom. The molecule has 0 radical (unpaired) electrons. The van der Waals surface area contributed by atoms with Gasteiger partial charge < -0.3 is 14.5 Å². The van der Waals surface area contributed by atoms with E-state index in [2.05, 4.69) is 29.8 Å². The zero-order chi connectivity index (χ0) is 12.8. The minimum absolute atomic E-state index is 0.149. The van der Waals surface area contributed by atoms with Crippen LogP contribution in [0, 0.1) is 0 Å². The van der Waals surface area contributed by atoms with Crippen molar-refractivity contribution >= 4 is 11.3 Å². The van der Waals surface area contributed by atoms with Gasteiger partial charge in [0.05, 0.1) is 0 Å². The van der Waals surface area contributed by atoms with Crippen LogP contribution in [-0.2, 0) is 11.3 Å². The molecule has 4 heteroatoms. The molecule has 0 saturated carbocycles. The molecule has 3 nitrogen and oxygen atoms in total. The van der Waals surface area contributed by atoms with Crippen molar-refractivity contribution in [2.24, 2.45) is 0 Å². The first-order valence-corrected chi connectivity index (χ1v) is 7.07. The normalized spacial score (nSPS) is 12.8. The maximum Gasteiger partial charge on any atom is 0.129 e. The molecule has 0 bridgehead atoms. The Bertz CT molecular complexity index is 450.